The minimum absolute atomic E-state index is 0.304. The Labute approximate surface area is 113 Å². The Hall–Kier alpha value is -2.03. The lowest BCUT2D eigenvalue weighted by atomic mass is 10.1. The van der Waals surface area contributed by atoms with Crippen LogP contribution in [0.15, 0.2) is 36.4 Å². The second-order valence-electron chi connectivity index (χ2n) is 4.99. The molecule has 2 nitrogen and oxygen atoms in total. The number of nitrogen functional groups attached to an aromatic ring is 1. The molecule has 0 fully saturated rings. The molecule has 0 aromatic heterocycles. The van der Waals surface area contributed by atoms with Gasteiger partial charge in [-0.3, -0.25) is 0 Å². The zero-order chi connectivity index (χ0) is 14.0. The summed E-state index contributed by atoms with van der Waals surface area (Å²) in [6.45, 7) is 4.93. The maximum absolute atomic E-state index is 13.1. The standard InChI is InChI=1S/C16H19FN2/c1-11-4-5-12(2)13(8-11)10-19(3)16-7-6-14(17)9-15(16)18/h4-9H,10,18H2,1-3H3. The van der Waals surface area contributed by atoms with E-state index in [9.17, 15) is 4.39 Å². The topological polar surface area (TPSA) is 29.3 Å². The molecule has 3 heteroatoms. The number of hydrogen-bond acceptors (Lipinski definition) is 2. The molecule has 0 heterocycles. The molecule has 2 rings (SSSR count). The third-order valence-corrected chi connectivity index (χ3v) is 3.31. The number of rotatable bonds is 3. The molecule has 0 saturated carbocycles. The first-order valence-corrected chi connectivity index (χ1v) is 6.29. The van der Waals surface area contributed by atoms with Crippen LogP contribution in [0.25, 0.3) is 0 Å². The SMILES string of the molecule is Cc1ccc(C)c(CN(C)c2ccc(F)cc2N)c1. The largest absolute Gasteiger partial charge is 0.397 e. The predicted octanol–water partition coefficient (Wildman–Crippen LogP) is 3.66. The van der Waals surface area contributed by atoms with Crippen molar-refractivity contribution in [1.29, 1.82) is 0 Å². The highest BCUT2D eigenvalue weighted by atomic mass is 19.1. The van der Waals surface area contributed by atoms with Gasteiger partial charge in [-0.1, -0.05) is 23.8 Å². The highest BCUT2D eigenvalue weighted by Crippen LogP contribution is 2.25. The Kier molecular flexibility index (Phi) is 3.74. The molecule has 0 unspecified atom stereocenters. The summed E-state index contributed by atoms with van der Waals surface area (Å²) < 4.78 is 13.1. The summed E-state index contributed by atoms with van der Waals surface area (Å²) in [6, 6.07) is 10.9. The second kappa shape index (κ2) is 5.31. The molecule has 2 N–H and O–H groups in total. The van der Waals surface area contributed by atoms with Crippen LogP contribution >= 0.6 is 0 Å². The van der Waals surface area contributed by atoms with E-state index in [0.29, 0.717) is 5.69 Å². The highest BCUT2D eigenvalue weighted by molar-refractivity contribution is 5.67. The molecule has 2 aromatic rings. The van der Waals surface area contributed by atoms with Gasteiger partial charge in [-0.15, -0.1) is 0 Å². The second-order valence-corrected chi connectivity index (χ2v) is 4.99. The van der Waals surface area contributed by atoms with Crippen molar-refractivity contribution in [2.24, 2.45) is 0 Å². The maximum Gasteiger partial charge on any atom is 0.125 e. The van der Waals surface area contributed by atoms with Crippen molar-refractivity contribution in [2.75, 3.05) is 17.7 Å². The van der Waals surface area contributed by atoms with E-state index in [2.05, 4.69) is 32.0 Å². The van der Waals surface area contributed by atoms with Crippen molar-refractivity contribution < 1.29 is 4.39 Å². The van der Waals surface area contributed by atoms with Crippen LogP contribution in [-0.2, 0) is 6.54 Å². The van der Waals surface area contributed by atoms with Crippen molar-refractivity contribution in [3.05, 3.63) is 58.9 Å². The number of nitrogens with zero attached hydrogens (tertiary/aromatic N) is 1. The van der Waals surface area contributed by atoms with Gasteiger partial charge >= 0.3 is 0 Å². The van der Waals surface area contributed by atoms with E-state index in [0.717, 1.165) is 12.2 Å². The van der Waals surface area contributed by atoms with E-state index in [1.807, 2.05) is 11.9 Å². The van der Waals surface area contributed by atoms with Crippen molar-refractivity contribution >= 4 is 11.4 Å². The monoisotopic (exact) mass is 258 g/mol. The summed E-state index contributed by atoms with van der Waals surface area (Å²) in [4.78, 5) is 2.04. The van der Waals surface area contributed by atoms with Gasteiger partial charge in [0.05, 0.1) is 11.4 Å². The van der Waals surface area contributed by atoms with Gasteiger partial charge in [0.15, 0.2) is 0 Å². The Morgan fingerprint density at radius 3 is 2.53 bits per heavy atom. The summed E-state index contributed by atoms with van der Waals surface area (Å²) in [7, 11) is 1.96. The van der Waals surface area contributed by atoms with Crippen LogP contribution in [0.2, 0.25) is 0 Å². The Balaban J connectivity index is 2.25. The number of hydrogen-bond donors (Lipinski definition) is 1. The molecule has 0 aliphatic carbocycles. The van der Waals surface area contributed by atoms with Crippen LogP contribution in [0.5, 0.6) is 0 Å². The lowest BCUT2D eigenvalue weighted by Gasteiger charge is -2.22. The molecule has 2 aromatic carbocycles. The summed E-state index contributed by atoms with van der Waals surface area (Å²) in [5, 5.41) is 0. The number of anilines is 2. The fraction of sp³-hybridized carbons (Fsp3) is 0.250. The van der Waals surface area contributed by atoms with Gasteiger partial charge in [-0.2, -0.15) is 0 Å². The smallest absolute Gasteiger partial charge is 0.125 e. The zero-order valence-corrected chi connectivity index (χ0v) is 11.6. The number of aryl methyl sites for hydroxylation is 2. The zero-order valence-electron chi connectivity index (χ0n) is 11.6. The number of benzene rings is 2. The lowest BCUT2D eigenvalue weighted by Crippen LogP contribution is -2.18. The summed E-state index contributed by atoms with van der Waals surface area (Å²) in [6.07, 6.45) is 0. The molecule has 19 heavy (non-hydrogen) atoms. The third-order valence-electron chi connectivity index (χ3n) is 3.31. The first kappa shape index (κ1) is 13.4. The fourth-order valence-corrected chi connectivity index (χ4v) is 2.18. The van der Waals surface area contributed by atoms with E-state index >= 15 is 0 Å². The quantitative estimate of drug-likeness (QED) is 0.851. The molecular weight excluding hydrogens is 239 g/mol. The first-order chi connectivity index (χ1) is 8.97. The minimum Gasteiger partial charge on any atom is -0.397 e. The van der Waals surface area contributed by atoms with Crippen molar-refractivity contribution in [3.8, 4) is 0 Å². The van der Waals surface area contributed by atoms with Crippen molar-refractivity contribution in [3.63, 3.8) is 0 Å². The first-order valence-electron chi connectivity index (χ1n) is 6.29. The molecule has 0 amide bonds. The minimum atomic E-state index is -0.304. The Morgan fingerprint density at radius 2 is 1.84 bits per heavy atom. The molecule has 0 aliphatic heterocycles. The Bertz CT molecular complexity index is 593. The van der Waals surface area contributed by atoms with Crippen LogP contribution in [0, 0.1) is 19.7 Å². The van der Waals surface area contributed by atoms with Gasteiger partial charge in [0, 0.05) is 13.6 Å². The normalized spacial score (nSPS) is 10.5. The van der Waals surface area contributed by atoms with Gasteiger partial charge < -0.3 is 10.6 Å². The lowest BCUT2D eigenvalue weighted by molar-refractivity contribution is 0.628. The van der Waals surface area contributed by atoms with Crippen molar-refractivity contribution in [2.45, 2.75) is 20.4 Å². The van der Waals surface area contributed by atoms with E-state index in [1.165, 1.54) is 28.8 Å². The van der Waals surface area contributed by atoms with Gasteiger partial charge in [0.1, 0.15) is 5.82 Å². The highest BCUT2D eigenvalue weighted by Gasteiger charge is 2.08. The fourth-order valence-electron chi connectivity index (χ4n) is 2.18. The molecular formula is C16H19FN2. The summed E-state index contributed by atoms with van der Waals surface area (Å²) in [5.74, 6) is -0.304. The van der Waals surface area contributed by atoms with Crippen molar-refractivity contribution in [1.82, 2.24) is 0 Å². The molecule has 0 atom stereocenters. The van der Waals surface area contributed by atoms with E-state index in [4.69, 9.17) is 5.73 Å². The van der Waals surface area contributed by atoms with Crippen LogP contribution in [0.4, 0.5) is 15.8 Å². The number of nitrogens with two attached hydrogens (primary N) is 1. The summed E-state index contributed by atoms with van der Waals surface area (Å²) in [5.41, 5.74) is 10.9. The Morgan fingerprint density at radius 1 is 1.11 bits per heavy atom. The van der Waals surface area contributed by atoms with Gasteiger partial charge in [0.2, 0.25) is 0 Å². The predicted molar refractivity (Wildman–Crippen MR) is 78.8 cm³/mol. The molecule has 0 spiro atoms. The van der Waals surface area contributed by atoms with Gasteiger partial charge in [-0.25, -0.2) is 4.39 Å². The maximum atomic E-state index is 13.1. The van der Waals surface area contributed by atoms with Gasteiger partial charge in [0.25, 0.3) is 0 Å². The van der Waals surface area contributed by atoms with Gasteiger partial charge in [-0.05, 0) is 43.2 Å². The average Bonchev–Trinajstić information content (AvgIpc) is 2.33. The van der Waals surface area contributed by atoms with Crippen LogP contribution in [0.1, 0.15) is 16.7 Å². The third kappa shape index (κ3) is 3.05. The molecule has 0 bridgehead atoms. The molecule has 0 saturated heterocycles. The van der Waals surface area contributed by atoms with Crippen LogP contribution in [0.3, 0.4) is 0 Å². The van der Waals surface area contributed by atoms with E-state index in [-0.39, 0.29) is 5.82 Å². The number of halogens is 1. The van der Waals surface area contributed by atoms with E-state index < -0.39 is 0 Å². The molecule has 100 valence electrons. The molecule has 0 radical (unpaired) electrons. The average molecular weight is 258 g/mol. The van der Waals surface area contributed by atoms with Crippen LogP contribution < -0.4 is 10.6 Å². The van der Waals surface area contributed by atoms with Crippen LogP contribution in [-0.4, -0.2) is 7.05 Å². The molecule has 0 aliphatic rings. The van der Waals surface area contributed by atoms with E-state index in [1.54, 1.807) is 6.07 Å². The summed E-state index contributed by atoms with van der Waals surface area (Å²) >= 11 is 0.